The molecule has 0 aromatic carbocycles. The zero-order valence-electron chi connectivity index (χ0n) is 18.5. The van der Waals surface area contributed by atoms with Gasteiger partial charge in [-0.05, 0) is 40.0 Å². The summed E-state index contributed by atoms with van der Waals surface area (Å²) in [6.07, 6.45) is 3.78. The maximum atomic E-state index is 12.3. The van der Waals surface area contributed by atoms with Gasteiger partial charge in [-0.2, -0.15) is 9.78 Å². The van der Waals surface area contributed by atoms with Crippen LogP contribution in [0.4, 0.5) is 4.79 Å². The van der Waals surface area contributed by atoms with Gasteiger partial charge in [0.2, 0.25) is 12.1 Å². The lowest BCUT2D eigenvalue weighted by Gasteiger charge is -2.29. The van der Waals surface area contributed by atoms with Crippen molar-refractivity contribution in [3.8, 4) is 0 Å². The van der Waals surface area contributed by atoms with E-state index in [1.165, 1.54) is 0 Å². The number of rotatable bonds is 14. The SMILES string of the molecule is CCCCOOC(C)(C)OC(=O)OC(OOC(C)(C)C)C(CC)CCCC. The Labute approximate surface area is 164 Å². The van der Waals surface area contributed by atoms with Gasteiger partial charge >= 0.3 is 6.16 Å². The van der Waals surface area contributed by atoms with E-state index in [1.54, 1.807) is 13.8 Å². The van der Waals surface area contributed by atoms with Crippen LogP contribution in [0.3, 0.4) is 0 Å². The van der Waals surface area contributed by atoms with Gasteiger partial charge < -0.3 is 9.47 Å². The highest BCUT2D eigenvalue weighted by Crippen LogP contribution is 2.24. The number of unbranched alkanes of at least 4 members (excludes halogenated alkanes) is 2. The van der Waals surface area contributed by atoms with Crippen molar-refractivity contribution >= 4 is 6.16 Å². The first-order valence-electron chi connectivity index (χ1n) is 10.1. The van der Waals surface area contributed by atoms with Gasteiger partial charge in [-0.1, -0.05) is 40.0 Å². The number of hydrogen-bond acceptors (Lipinski definition) is 7. The monoisotopic (exact) mass is 392 g/mol. The van der Waals surface area contributed by atoms with Crippen LogP contribution < -0.4 is 0 Å². The molecule has 2 atom stereocenters. The predicted molar refractivity (Wildman–Crippen MR) is 103 cm³/mol. The highest BCUT2D eigenvalue weighted by atomic mass is 17.2. The molecular weight excluding hydrogens is 352 g/mol. The Morgan fingerprint density at radius 1 is 0.926 bits per heavy atom. The van der Waals surface area contributed by atoms with E-state index in [9.17, 15) is 4.79 Å². The van der Waals surface area contributed by atoms with Gasteiger partial charge in [-0.15, -0.1) is 0 Å². The minimum atomic E-state index is -1.27. The molecule has 0 aliphatic heterocycles. The normalized spacial score (nSPS) is 14.7. The molecule has 0 saturated carbocycles. The lowest BCUT2D eigenvalue weighted by atomic mass is 9.99. The smallest absolute Gasteiger partial charge is 0.401 e. The summed E-state index contributed by atoms with van der Waals surface area (Å²) in [5.74, 6) is -1.27. The summed E-state index contributed by atoms with van der Waals surface area (Å²) in [4.78, 5) is 33.3. The Morgan fingerprint density at radius 2 is 1.56 bits per heavy atom. The molecule has 0 radical (unpaired) electrons. The van der Waals surface area contributed by atoms with E-state index in [0.29, 0.717) is 6.61 Å². The molecule has 162 valence electrons. The summed E-state index contributed by atoms with van der Waals surface area (Å²) in [6, 6.07) is 0. The minimum absolute atomic E-state index is 0.00434. The topological polar surface area (TPSA) is 72.5 Å². The number of carbonyl (C=O) groups excluding carboxylic acids is 1. The molecule has 0 aromatic rings. The van der Waals surface area contributed by atoms with Crippen molar-refractivity contribution in [1.29, 1.82) is 0 Å². The lowest BCUT2D eigenvalue weighted by molar-refractivity contribution is -0.428. The number of hydrogen-bond donors (Lipinski definition) is 0. The third kappa shape index (κ3) is 13.9. The van der Waals surface area contributed by atoms with Crippen LogP contribution in [0, 0.1) is 5.92 Å². The number of carbonyl (C=O) groups is 1. The van der Waals surface area contributed by atoms with Gasteiger partial charge in [0.1, 0.15) is 0 Å². The summed E-state index contributed by atoms with van der Waals surface area (Å²) < 4.78 is 10.7. The zero-order chi connectivity index (χ0) is 20.9. The third-order valence-corrected chi connectivity index (χ3v) is 3.61. The van der Waals surface area contributed by atoms with Crippen LogP contribution in [-0.4, -0.2) is 30.4 Å². The molecule has 0 rings (SSSR count). The lowest BCUT2D eigenvalue weighted by Crippen LogP contribution is -2.37. The average molecular weight is 393 g/mol. The van der Waals surface area contributed by atoms with Crippen molar-refractivity contribution in [1.82, 2.24) is 0 Å². The Hall–Kier alpha value is -0.890. The Morgan fingerprint density at radius 3 is 2.07 bits per heavy atom. The van der Waals surface area contributed by atoms with Gasteiger partial charge in [-0.25, -0.2) is 14.6 Å². The predicted octanol–water partition coefficient (Wildman–Crippen LogP) is 5.91. The standard InChI is InChI=1S/C20H40O7/c1-9-12-14-16(11-3)17(25-26-19(4,5)6)23-18(21)24-20(7,8)27-22-15-13-10-2/h16-17H,9-15H2,1-8H3. The van der Waals surface area contributed by atoms with Gasteiger partial charge in [0.25, 0.3) is 0 Å². The first-order valence-corrected chi connectivity index (χ1v) is 10.1. The Balaban J connectivity index is 4.78. The van der Waals surface area contributed by atoms with E-state index >= 15 is 0 Å². The van der Waals surface area contributed by atoms with Crippen molar-refractivity contribution in [2.75, 3.05) is 6.61 Å². The van der Waals surface area contributed by atoms with E-state index in [4.69, 9.17) is 29.0 Å². The van der Waals surface area contributed by atoms with Crippen molar-refractivity contribution in [3.63, 3.8) is 0 Å². The van der Waals surface area contributed by atoms with Crippen LogP contribution in [-0.2, 0) is 29.0 Å². The maximum absolute atomic E-state index is 12.3. The number of ether oxygens (including phenoxy) is 2. The van der Waals surface area contributed by atoms with E-state index in [0.717, 1.165) is 38.5 Å². The van der Waals surface area contributed by atoms with Crippen LogP contribution in [0.5, 0.6) is 0 Å². The molecule has 0 aliphatic carbocycles. The summed E-state index contributed by atoms with van der Waals surface area (Å²) >= 11 is 0. The molecule has 2 unspecified atom stereocenters. The van der Waals surface area contributed by atoms with Gasteiger partial charge in [0.15, 0.2) is 0 Å². The fraction of sp³-hybridized carbons (Fsp3) is 0.950. The van der Waals surface area contributed by atoms with E-state index in [1.807, 2.05) is 34.6 Å². The molecule has 0 amide bonds. The van der Waals surface area contributed by atoms with Gasteiger partial charge in [0.05, 0.1) is 12.2 Å². The highest BCUT2D eigenvalue weighted by molar-refractivity contribution is 5.60. The van der Waals surface area contributed by atoms with E-state index in [-0.39, 0.29) is 5.92 Å². The maximum Gasteiger partial charge on any atom is 0.513 e. The molecular formula is C20H40O7. The van der Waals surface area contributed by atoms with Crippen molar-refractivity contribution in [3.05, 3.63) is 0 Å². The summed E-state index contributed by atoms with van der Waals surface area (Å²) in [5.41, 5.74) is -0.524. The van der Waals surface area contributed by atoms with Gasteiger partial charge in [-0.3, -0.25) is 0 Å². The first-order chi connectivity index (χ1) is 12.5. The highest BCUT2D eigenvalue weighted by Gasteiger charge is 2.32. The molecule has 0 aliphatic rings. The molecule has 0 N–H and O–H groups in total. The fourth-order valence-corrected chi connectivity index (χ4v) is 2.11. The molecule has 0 spiro atoms. The molecule has 27 heavy (non-hydrogen) atoms. The summed E-state index contributed by atoms with van der Waals surface area (Å²) in [7, 11) is 0. The summed E-state index contributed by atoms with van der Waals surface area (Å²) in [5, 5.41) is 0. The average Bonchev–Trinajstić information content (AvgIpc) is 2.55. The Bertz CT molecular complexity index is 390. The molecule has 0 fully saturated rings. The van der Waals surface area contributed by atoms with Crippen LogP contribution >= 0.6 is 0 Å². The molecule has 7 heteroatoms. The van der Waals surface area contributed by atoms with Gasteiger partial charge in [0, 0.05) is 19.8 Å². The van der Waals surface area contributed by atoms with Crippen LogP contribution in [0.25, 0.3) is 0 Å². The molecule has 0 heterocycles. The van der Waals surface area contributed by atoms with Crippen LogP contribution in [0.15, 0.2) is 0 Å². The minimum Gasteiger partial charge on any atom is -0.401 e. The Kier molecular flexibility index (Phi) is 12.9. The fourth-order valence-electron chi connectivity index (χ4n) is 2.11. The molecule has 0 aromatic heterocycles. The van der Waals surface area contributed by atoms with Crippen LogP contribution in [0.1, 0.15) is 93.9 Å². The van der Waals surface area contributed by atoms with E-state index < -0.39 is 23.8 Å². The van der Waals surface area contributed by atoms with Crippen molar-refractivity contribution in [2.45, 2.75) is 112 Å². The molecule has 7 nitrogen and oxygen atoms in total. The third-order valence-electron chi connectivity index (χ3n) is 3.61. The van der Waals surface area contributed by atoms with Crippen molar-refractivity contribution in [2.24, 2.45) is 5.92 Å². The quantitative estimate of drug-likeness (QED) is 0.119. The first kappa shape index (κ1) is 26.1. The van der Waals surface area contributed by atoms with E-state index in [2.05, 4.69) is 6.92 Å². The van der Waals surface area contributed by atoms with Crippen molar-refractivity contribution < 1.29 is 33.8 Å². The van der Waals surface area contributed by atoms with Crippen LogP contribution in [0.2, 0.25) is 0 Å². The molecule has 0 saturated heterocycles. The zero-order valence-corrected chi connectivity index (χ0v) is 18.5. The molecule has 0 bridgehead atoms. The largest absolute Gasteiger partial charge is 0.513 e. The second kappa shape index (κ2) is 13.3. The second-order valence-corrected chi connectivity index (χ2v) is 8.10. The second-order valence-electron chi connectivity index (χ2n) is 8.10. The summed E-state index contributed by atoms with van der Waals surface area (Å²) in [6.45, 7) is 15.4.